The van der Waals surface area contributed by atoms with Crippen LogP contribution in [0.2, 0.25) is 0 Å². The van der Waals surface area contributed by atoms with Crippen LogP contribution in [0.15, 0.2) is 41.2 Å². The summed E-state index contributed by atoms with van der Waals surface area (Å²) in [6, 6.07) is 11.5. The molecule has 6 nitrogen and oxygen atoms in total. The molecule has 4 rings (SSSR count). The van der Waals surface area contributed by atoms with Crippen molar-refractivity contribution in [2.45, 2.75) is 13.0 Å². The minimum Gasteiger partial charge on any atom is -0.497 e. The van der Waals surface area contributed by atoms with Crippen molar-refractivity contribution in [3.63, 3.8) is 0 Å². The fourth-order valence-corrected chi connectivity index (χ4v) is 4.86. The van der Waals surface area contributed by atoms with E-state index in [0.29, 0.717) is 24.1 Å². The number of carbonyl (C=O) groups is 1. The maximum Gasteiger partial charge on any atom is 0.270 e. The number of halogens is 1. The Balaban J connectivity index is 0.00000240. The molecule has 0 bridgehead atoms. The summed E-state index contributed by atoms with van der Waals surface area (Å²) in [6.07, 6.45) is 0. The quantitative estimate of drug-likeness (QED) is 0.770. The molecule has 156 valence electrons. The number of rotatable bonds is 3. The molecule has 1 aromatic heterocycles. The van der Waals surface area contributed by atoms with Crippen LogP contribution in [0.1, 0.15) is 27.8 Å². The number of likely N-dealkylation sites (tertiary alicyclic amines) is 2. The average Bonchev–Trinajstić information content (AvgIpc) is 3.20. The number of pyridine rings is 1. The highest BCUT2D eigenvalue weighted by Crippen LogP contribution is 2.44. The minimum absolute atomic E-state index is 0. The van der Waals surface area contributed by atoms with E-state index in [0.717, 1.165) is 24.5 Å². The molecule has 3 heterocycles. The van der Waals surface area contributed by atoms with Crippen molar-refractivity contribution in [1.82, 2.24) is 14.4 Å². The summed E-state index contributed by atoms with van der Waals surface area (Å²) >= 11 is 0. The van der Waals surface area contributed by atoms with Crippen LogP contribution < -0.4 is 10.2 Å². The number of amides is 1. The highest BCUT2D eigenvalue weighted by Gasteiger charge is 2.47. The molecule has 0 radical (unpaired) electrons. The first-order valence-electron chi connectivity index (χ1n) is 9.70. The maximum atomic E-state index is 13.1. The molecular formula is C22H28ClN3O3. The third-order valence-corrected chi connectivity index (χ3v) is 6.38. The van der Waals surface area contributed by atoms with Gasteiger partial charge in [0.25, 0.3) is 5.91 Å². The van der Waals surface area contributed by atoms with Crippen LogP contribution in [-0.2, 0) is 7.05 Å². The number of ether oxygens (including phenoxy) is 1. The second kappa shape index (κ2) is 8.20. The minimum atomic E-state index is -0.116. The van der Waals surface area contributed by atoms with Crippen LogP contribution in [-0.4, -0.2) is 54.1 Å². The zero-order valence-corrected chi connectivity index (χ0v) is 18.1. The van der Waals surface area contributed by atoms with Gasteiger partial charge in [0.1, 0.15) is 11.4 Å². The Hall–Kier alpha value is -2.31. The van der Waals surface area contributed by atoms with E-state index in [1.54, 1.807) is 13.2 Å². The summed E-state index contributed by atoms with van der Waals surface area (Å²) in [4.78, 5) is 29.4. The number of benzene rings is 1. The van der Waals surface area contributed by atoms with Gasteiger partial charge < -0.3 is 14.2 Å². The Morgan fingerprint density at radius 3 is 2.41 bits per heavy atom. The Morgan fingerprint density at radius 1 is 1.07 bits per heavy atom. The molecule has 1 amide bonds. The molecule has 2 aliphatic rings. The number of carbonyl (C=O) groups excluding carboxylic acids is 1. The van der Waals surface area contributed by atoms with Gasteiger partial charge in [-0.3, -0.25) is 14.5 Å². The summed E-state index contributed by atoms with van der Waals surface area (Å²) < 4.78 is 7.09. The highest BCUT2D eigenvalue weighted by atomic mass is 35.5. The fourth-order valence-electron chi connectivity index (χ4n) is 4.86. The third kappa shape index (κ3) is 3.79. The Morgan fingerprint density at radius 2 is 1.76 bits per heavy atom. The second-order valence-corrected chi connectivity index (χ2v) is 8.07. The first-order chi connectivity index (χ1) is 13.4. The zero-order valence-electron chi connectivity index (χ0n) is 17.3. The molecule has 0 saturated carbocycles. The Bertz CT molecular complexity index is 957. The largest absolute Gasteiger partial charge is 0.497 e. The third-order valence-electron chi connectivity index (χ3n) is 6.38. The van der Waals surface area contributed by atoms with Crippen molar-refractivity contribution >= 4 is 18.3 Å². The summed E-state index contributed by atoms with van der Waals surface area (Å²) in [5, 5.41) is 0. The van der Waals surface area contributed by atoms with Crippen LogP contribution in [0.5, 0.6) is 5.75 Å². The van der Waals surface area contributed by atoms with E-state index >= 15 is 0 Å². The van der Waals surface area contributed by atoms with Gasteiger partial charge in [0, 0.05) is 56.5 Å². The number of fused-ring (bicyclic) bond motifs is 1. The molecule has 1 aromatic carbocycles. The molecule has 2 fully saturated rings. The highest BCUT2D eigenvalue weighted by molar-refractivity contribution is 5.93. The van der Waals surface area contributed by atoms with Crippen molar-refractivity contribution in [2.75, 3.05) is 33.8 Å². The van der Waals surface area contributed by atoms with E-state index < -0.39 is 0 Å². The number of aromatic nitrogens is 1. The van der Waals surface area contributed by atoms with E-state index in [-0.39, 0.29) is 29.8 Å². The van der Waals surface area contributed by atoms with Gasteiger partial charge in [-0.15, -0.1) is 12.4 Å². The summed E-state index contributed by atoms with van der Waals surface area (Å²) in [5.41, 5.74) is 2.41. The van der Waals surface area contributed by atoms with E-state index in [1.165, 1.54) is 11.6 Å². The van der Waals surface area contributed by atoms with Gasteiger partial charge in [-0.2, -0.15) is 0 Å². The van der Waals surface area contributed by atoms with E-state index in [9.17, 15) is 9.59 Å². The van der Waals surface area contributed by atoms with Gasteiger partial charge in [-0.05, 0) is 37.6 Å². The van der Waals surface area contributed by atoms with Crippen molar-refractivity contribution < 1.29 is 9.53 Å². The molecule has 0 N–H and O–H groups in total. The molecule has 2 aromatic rings. The molecule has 0 spiro atoms. The number of aryl methyl sites for hydroxylation is 1. The van der Waals surface area contributed by atoms with Gasteiger partial charge in [-0.25, -0.2) is 0 Å². The molecule has 0 unspecified atom stereocenters. The van der Waals surface area contributed by atoms with E-state index in [2.05, 4.69) is 24.1 Å². The van der Waals surface area contributed by atoms with Gasteiger partial charge in [0.2, 0.25) is 0 Å². The lowest BCUT2D eigenvalue weighted by Crippen LogP contribution is -2.35. The monoisotopic (exact) mass is 417 g/mol. The van der Waals surface area contributed by atoms with Gasteiger partial charge in [0.15, 0.2) is 5.43 Å². The smallest absolute Gasteiger partial charge is 0.270 e. The molecule has 2 saturated heterocycles. The molecular weight excluding hydrogens is 390 g/mol. The maximum absolute atomic E-state index is 13.1. The number of hydrogen-bond donors (Lipinski definition) is 0. The van der Waals surface area contributed by atoms with Crippen LogP contribution in [0.3, 0.4) is 0 Å². The van der Waals surface area contributed by atoms with Crippen LogP contribution >= 0.6 is 12.4 Å². The number of methoxy groups -OCH3 is 1. The fraction of sp³-hybridized carbons (Fsp3) is 0.455. The van der Waals surface area contributed by atoms with Gasteiger partial charge >= 0.3 is 0 Å². The standard InChI is InChI=1S/C22H27N3O3.ClH/c1-14-9-17(26)10-20(24(14)3)22(27)25-12-16-11-23(2)21(19(16)13-25)15-5-7-18(28-4)8-6-15;/h5-10,16,19,21H,11-13H2,1-4H3;1H/t16-,19+,21-;/m0./s1. The van der Waals surface area contributed by atoms with Crippen molar-refractivity contribution in [1.29, 1.82) is 0 Å². The molecule has 3 atom stereocenters. The SMILES string of the molecule is COc1ccc([C@H]2[C@@H]3CN(C(=O)c4cc(=O)cc(C)n4C)C[C@@H]3CN2C)cc1.Cl. The lowest BCUT2D eigenvalue weighted by molar-refractivity contribution is 0.0757. The van der Waals surface area contributed by atoms with Gasteiger partial charge in [-0.1, -0.05) is 12.1 Å². The molecule has 0 aliphatic carbocycles. The summed E-state index contributed by atoms with van der Waals surface area (Å²) in [7, 11) is 5.67. The molecule has 2 aliphatic heterocycles. The zero-order chi connectivity index (χ0) is 20.0. The van der Waals surface area contributed by atoms with Crippen molar-refractivity contribution in [2.24, 2.45) is 18.9 Å². The van der Waals surface area contributed by atoms with Crippen LogP contribution in [0.4, 0.5) is 0 Å². The van der Waals surface area contributed by atoms with E-state index in [1.807, 2.05) is 35.6 Å². The normalized spacial score (nSPS) is 23.6. The summed E-state index contributed by atoms with van der Waals surface area (Å²) in [6.45, 7) is 4.28. The first-order valence-corrected chi connectivity index (χ1v) is 9.70. The lowest BCUT2D eigenvalue weighted by atomic mass is 9.89. The average molecular weight is 418 g/mol. The van der Waals surface area contributed by atoms with Crippen LogP contribution in [0, 0.1) is 18.8 Å². The number of hydrogen-bond acceptors (Lipinski definition) is 4. The topological polar surface area (TPSA) is 54.8 Å². The summed E-state index contributed by atoms with van der Waals surface area (Å²) in [5.74, 6) is 1.64. The molecule has 29 heavy (non-hydrogen) atoms. The predicted molar refractivity (Wildman–Crippen MR) is 115 cm³/mol. The van der Waals surface area contributed by atoms with Gasteiger partial charge in [0.05, 0.1) is 7.11 Å². The first kappa shape index (κ1) is 21.4. The molecule has 7 heteroatoms. The predicted octanol–water partition coefficient (Wildman–Crippen LogP) is 2.50. The van der Waals surface area contributed by atoms with Crippen LogP contribution in [0.25, 0.3) is 0 Å². The lowest BCUT2D eigenvalue weighted by Gasteiger charge is -2.27. The second-order valence-electron chi connectivity index (χ2n) is 8.07. The van der Waals surface area contributed by atoms with E-state index in [4.69, 9.17) is 4.74 Å². The van der Waals surface area contributed by atoms with Crippen molar-refractivity contribution in [3.05, 3.63) is 63.6 Å². The van der Waals surface area contributed by atoms with Crippen molar-refractivity contribution in [3.8, 4) is 5.75 Å². The Labute approximate surface area is 177 Å². The Kier molecular flexibility index (Phi) is 6.05. The number of nitrogens with zero attached hydrogens (tertiary/aromatic N) is 3.